The second kappa shape index (κ2) is 7.90. The van der Waals surface area contributed by atoms with E-state index in [9.17, 15) is 4.79 Å². The predicted molar refractivity (Wildman–Crippen MR) is 114 cm³/mol. The molecule has 0 radical (unpaired) electrons. The van der Waals surface area contributed by atoms with E-state index < -0.39 is 6.04 Å². The van der Waals surface area contributed by atoms with Gasteiger partial charge in [-0.25, -0.2) is 4.68 Å². The normalized spacial score (nSPS) is 15.3. The Bertz CT molecular complexity index is 1140. The molecule has 0 saturated carbocycles. The molecule has 8 nitrogen and oxygen atoms in total. The second-order valence-corrected chi connectivity index (χ2v) is 7.03. The van der Waals surface area contributed by atoms with Crippen molar-refractivity contribution < 1.29 is 14.3 Å². The molecular formula is C22H23N5O3. The summed E-state index contributed by atoms with van der Waals surface area (Å²) < 4.78 is 12.6. The number of nitrogens with zero attached hydrogens (tertiary/aromatic N) is 3. The van der Waals surface area contributed by atoms with Crippen LogP contribution >= 0.6 is 0 Å². The zero-order chi connectivity index (χ0) is 21.3. The molecule has 4 rings (SSSR count). The number of allylic oxidation sites excluding steroid dienone is 1. The van der Waals surface area contributed by atoms with Crippen LogP contribution in [0.2, 0.25) is 0 Å². The number of fused-ring (bicyclic) bond motifs is 1. The molecule has 1 unspecified atom stereocenters. The van der Waals surface area contributed by atoms with E-state index >= 15 is 0 Å². The Kier molecular flexibility index (Phi) is 5.14. The summed E-state index contributed by atoms with van der Waals surface area (Å²) in [6.45, 7) is 3.83. The fourth-order valence-electron chi connectivity index (χ4n) is 3.64. The third-order valence-corrected chi connectivity index (χ3v) is 5.05. The molecule has 0 fully saturated rings. The minimum absolute atomic E-state index is 0.227. The number of aromatic nitrogens is 3. The van der Waals surface area contributed by atoms with E-state index in [4.69, 9.17) is 9.47 Å². The monoisotopic (exact) mass is 405 g/mol. The van der Waals surface area contributed by atoms with E-state index in [-0.39, 0.29) is 5.91 Å². The average molecular weight is 405 g/mol. The molecule has 1 atom stereocenters. The molecule has 1 amide bonds. The van der Waals surface area contributed by atoms with Crippen LogP contribution < -0.4 is 20.1 Å². The fraction of sp³-hybridized carbons (Fsp3) is 0.227. The number of carbonyl (C=O) groups is 1. The van der Waals surface area contributed by atoms with Crippen molar-refractivity contribution in [3.63, 3.8) is 0 Å². The molecule has 0 aliphatic carbocycles. The van der Waals surface area contributed by atoms with Crippen LogP contribution in [-0.2, 0) is 4.79 Å². The fourth-order valence-corrected chi connectivity index (χ4v) is 3.64. The Morgan fingerprint density at radius 3 is 2.70 bits per heavy atom. The van der Waals surface area contributed by atoms with E-state index in [0.717, 1.165) is 16.8 Å². The number of hydrogen-bond donors (Lipinski definition) is 2. The van der Waals surface area contributed by atoms with Crippen LogP contribution in [0.5, 0.6) is 11.5 Å². The lowest BCUT2D eigenvalue weighted by atomic mass is 9.94. The standard InChI is InChI=1S/C22H23N5O3/c1-13-6-5-7-15(10-13)26-21(28)19-14(2)25-22-23-12-24-27(22)20(19)17-9-8-16(29-3)11-18(17)30-4/h5-12,20H,1-4H3,(H,26,28)(H,23,24,25). The van der Waals surface area contributed by atoms with Crippen LogP contribution in [0.3, 0.4) is 0 Å². The molecule has 1 aliphatic heterocycles. The van der Waals surface area contributed by atoms with Gasteiger partial charge in [-0.05, 0) is 43.7 Å². The molecule has 2 N–H and O–H groups in total. The summed E-state index contributed by atoms with van der Waals surface area (Å²) in [5.74, 6) is 1.59. The van der Waals surface area contributed by atoms with Gasteiger partial charge in [-0.15, -0.1) is 0 Å². The Labute approximate surface area is 174 Å². The lowest BCUT2D eigenvalue weighted by molar-refractivity contribution is -0.113. The third kappa shape index (κ3) is 3.47. The first-order valence-corrected chi connectivity index (χ1v) is 9.49. The van der Waals surface area contributed by atoms with Crippen LogP contribution in [-0.4, -0.2) is 34.9 Å². The van der Waals surface area contributed by atoms with Crippen LogP contribution in [0.25, 0.3) is 0 Å². The summed E-state index contributed by atoms with van der Waals surface area (Å²) in [7, 11) is 3.18. The van der Waals surface area contributed by atoms with Crippen LogP contribution in [0, 0.1) is 6.92 Å². The van der Waals surface area contributed by atoms with Crippen molar-refractivity contribution >= 4 is 17.5 Å². The zero-order valence-corrected chi connectivity index (χ0v) is 17.3. The quantitative estimate of drug-likeness (QED) is 0.675. The minimum atomic E-state index is -0.519. The maximum Gasteiger partial charge on any atom is 0.255 e. The zero-order valence-electron chi connectivity index (χ0n) is 17.3. The Morgan fingerprint density at radius 2 is 1.97 bits per heavy atom. The van der Waals surface area contributed by atoms with Gasteiger partial charge in [0.2, 0.25) is 5.95 Å². The highest BCUT2D eigenvalue weighted by atomic mass is 16.5. The first-order chi connectivity index (χ1) is 14.5. The van der Waals surface area contributed by atoms with Gasteiger partial charge in [-0.2, -0.15) is 10.1 Å². The van der Waals surface area contributed by atoms with E-state index in [1.807, 2.05) is 50.2 Å². The summed E-state index contributed by atoms with van der Waals surface area (Å²) in [5.41, 5.74) is 3.79. The van der Waals surface area contributed by atoms with Gasteiger partial charge < -0.3 is 20.1 Å². The van der Waals surface area contributed by atoms with Gasteiger partial charge in [0, 0.05) is 23.0 Å². The van der Waals surface area contributed by atoms with Gasteiger partial charge in [0.25, 0.3) is 5.91 Å². The molecule has 8 heteroatoms. The Hall–Kier alpha value is -3.81. The maximum absolute atomic E-state index is 13.4. The summed E-state index contributed by atoms with van der Waals surface area (Å²) in [6, 6.07) is 12.7. The Morgan fingerprint density at radius 1 is 1.13 bits per heavy atom. The smallest absolute Gasteiger partial charge is 0.255 e. The number of nitrogens with one attached hydrogen (secondary N) is 2. The summed E-state index contributed by atoms with van der Waals surface area (Å²) >= 11 is 0. The lowest BCUT2D eigenvalue weighted by Gasteiger charge is -2.29. The van der Waals surface area contributed by atoms with Crippen molar-refractivity contribution in [1.29, 1.82) is 0 Å². The van der Waals surface area contributed by atoms with Gasteiger partial charge in [-0.1, -0.05) is 12.1 Å². The van der Waals surface area contributed by atoms with E-state index in [1.54, 1.807) is 25.0 Å². The van der Waals surface area contributed by atoms with Gasteiger partial charge >= 0.3 is 0 Å². The number of methoxy groups -OCH3 is 2. The topological polar surface area (TPSA) is 90.3 Å². The molecule has 0 saturated heterocycles. The summed E-state index contributed by atoms with van der Waals surface area (Å²) in [5, 5.41) is 10.5. The van der Waals surface area contributed by atoms with Crippen LogP contribution in [0.15, 0.2) is 60.1 Å². The molecule has 1 aliphatic rings. The van der Waals surface area contributed by atoms with Crippen molar-refractivity contribution in [2.75, 3.05) is 24.9 Å². The first kappa shape index (κ1) is 19.5. The maximum atomic E-state index is 13.4. The average Bonchev–Trinajstić information content (AvgIpc) is 3.20. The van der Waals surface area contributed by atoms with Gasteiger partial charge in [-0.3, -0.25) is 4.79 Å². The molecule has 30 heavy (non-hydrogen) atoms. The van der Waals surface area contributed by atoms with Crippen LogP contribution in [0.4, 0.5) is 11.6 Å². The second-order valence-electron chi connectivity index (χ2n) is 7.03. The van der Waals surface area contributed by atoms with Gasteiger partial charge in [0.05, 0.1) is 19.8 Å². The molecule has 3 aromatic rings. The number of aryl methyl sites for hydroxylation is 1. The van der Waals surface area contributed by atoms with Gasteiger partial charge in [0.15, 0.2) is 0 Å². The highest BCUT2D eigenvalue weighted by Crippen LogP contribution is 2.40. The number of anilines is 2. The predicted octanol–water partition coefficient (Wildman–Crippen LogP) is 3.53. The van der Waals surface area contributed by atoms with Crippen molar-refractivity contribution in [2.24, 2.45) is 0 Å². The number of ether oxygens (including phenoxy) is 2. The molecule has 2 aromatic carbocycles. The highest BCUT2D eigenvalue weighted by molar-refractivity contribution is 6.06. The summed E-state index contributed by atoms with van der Waals surface area (Å²) in [4.78, 5) is 17.7. The summed E-state index contributed by atoms with van der Waals surface area (Å²) in [6.07, 6.45) is 1.46. The lowest BCUT2D eigenvalue weighted by Crippen LogP contribution is -2.31. The molecule has 0 spiro atoms. The van der Waals surface area contributed by atoms with E-state index in [2.05, 4.69) is 20.7 Å². The molecule has 2 heterocycles. The highest BCUT2D eigenvalue weighted by Gasteiger charge is 2.35. The SMILES string of the molecule is COc1ccc(C2C(C(=O)Nc3cccc(C)c3)=C(C)Nc3ncnn32)c(OC)c1. The minimum Gasteiger partial charge on any atom is -0.497 e. The van der Waals surface area contributed by atoms with Crippen molar-refractivity contribution in [3.05, 3.63) is 71.2 Å². The number of rotatable bonds is 5. The van der Waals surface area contributed by atoms with Crippen molar-refractivity contribution in [3.8, 4) is 11.5 Å². The number of carbonyl (C=O) groups excluding carboxylic acids is 1. The third-order valence-electron chi connectivity index (χ3n) is 5.05. The molecular weight excluding hydrogens is 382 g/mol. The number of benzene rings is 2. The van der Waals surface area contributed by atoms with Crippen molar-refractivity contribution in [2.45, 2.75) is 19.9 Å². The first-order valence-electron chi connectivity index (χ1n) is 9.49. The number of hydrogen-bond acceptors (Lipinski definition) is 6. The number of amides is 1. The van der Waals surface area contributed by atoms with E-state index in [0.29, 0.717) is 28.7 Å². The molecule has 1 aromatic heterocycles. The molecule has 0 bridgehead atoms. The van der Waals surface area contributed by atoms with Gasteiger partial charge in [0.1, 0.15) is 23.9 Å². The van der Waals surface area contributed by atoms with Crippen molar-refractivity contribution in [1.82, 2.24) is 14.8 Å². The van der Waals surface area contributed by atoms with E-state index in [1.165, 1.54) is 6.33 Å². The molecule has 154 valence electrons. The Balaban J connectivity index is 1.81. The largest absolute Gasteiger partial charge is 0.497 e. The van der Waals surface area contributed by atoms with Crippen LogP contribution in [0.1, 0.15) is 24.1 Å².